The van der Waals surface area contributed by atoms with Crippen LogP contribution in [0.25, 0.3) is 11.1 Å². The van der Waals surface area contributed by atoms with Gasteiger partial charge in [-0.2, -0.15) is 0 Å². The Kier molecular flexibility index (Phi) is 6.51. The molecule has 10 nitrogen and oxygen atoms in total. The number of primary amides is 1. The summed E-state index contributed by atoms with van der Waals surface area (Å²) in [5.41, 5.74) is 4.65. The Balaban J connectivity index is 1.74. The number of amides is 1. The van der Waals surface area contributed by atoms with E-state index in [9.17, 15) is 34.8 Å². The standard InChI is InChI=1S/C30H32N2O8/c1-5-13-6-9-20(40-4)16(10-13)15-7-8-19(33)22-17(15)11-14-12-18-24(32(2)3)26(35)23(29(31)38)28(37)30(18,39)27(36)21(14)25(22)34/h6-10,14,18,24,33,35-36,39H,5,11-12H2,1-4H3,(H2,31,38). The Bertz CT molecular complexity index is 1540. The van der Waals surface area contributed by atoms with E-state index in [0.717, 1.165) is 17.5 Å². The summed E-state index contributed by atoms with van der Waals surface area (Å²) in [6, 6.07) is 7.82. The molecule has 40 heavy (non-hydrogen) atoms. The summed E-state index contributed by atoms with van der Waals surface area (Å²) >= 11 is 0. The van der Waals surface area contributed by atoms with Gasteiger partial charge in [0.25, 0.3) is 5.91 Å². The van der Waals surface area contributed by atoms with Gasteiger partial charge < -0.3 is 30.9 Å². The number of carbonyl (C=O) groups is 3. The molecule has 0 spiro atoms. The lowest BCUT2D eigenvalue weighted by Gasteiger charge is -2.50. The van der Waals surface area contributed by atoms with Gasteiger partial charge in [0.1, 0.15) is 28.6 Å². The van der Waals surface area contributed by atoms with Gasteiger partial charge in [-0.3, -0.25) is 19.3 Å². The third-order valence-electron chi connectivity index (χ3n) is 8.57. The summed E-state index contributed by atoms with van der Waals surface area (Å²) < 4.78 is 5.60. The second kappa shape index (κ2) is 9.50. The van der Waals surface area contributed by atoms with E-state index in [0.29, 0.717) is 16.9 Å². The Morgan fingerprint density at radius 1 is 1.12 bits per heavy atom. The van der Waals surface area contributed by atoms with Crippen molar-refractivity contribution in [1.29, 1.82) is 0 Å². The minimum atomic E-state index is -2.67. The van der Waals surface area contributed by atoms with Crippen LogP contribution in [-0.2, 0) is 22.4 Å². The van der Waals surface area contributed by atoms with Crippen molar-refractivity contribution in [3.63, 3.8) is 0 Å². The zero-order valence-corrected chi connectivity index (χ0v) is 22.7. The van der Waals surface area contributed by atoms with Crippen LogP contribution in [0.3, 0.4) is 0 Å². The number of fused-ring (bicyclic) bond motifs is 3. The number of hydrogen-bond acceptors (Lipinski definition) is 9. The number of hydrogen-bond donors (Lipinski definition) is 5. The molecule has 3 aliphatic rings. The molecule has 2 aromatic carbocycles. The number of benzene rings is 2. The molecule has 210 valence electrons. The largest absolute Gasteiger partial charge is 0.510 e. The molecule has 0 fully saturated rings. The third kappa shape index (κ3) is 3.66. The van der Waals surface area contributed by atoms with Crippen LogP contribution in [0.2, 0.25) is 0 Å². The van der Waals surface area contributed by atoms with Crippen LogP contribution in [0.4, 0.5) is 0 Å². The van der Waals surface area contributed by atoms with Crippen molar-refractivity contribution < 1.29 is 39.5 Å². The first kappa shape index (κ1) is 27.4. The van der Waals surface area contributed by atoms with E-state index in [4.69, 9.17) is 10.5 Å². The van der Waals surface area contributed by atoms with Gasteiger partial charge in [-0.15, -0.1) is 0 Å². The van der Waals surface area contributed by atoms with Crippen molar-refractivity contribution in [3.05, 3.63) is 69.7 Å². The molecule has 0 bridgehead atoms. The predicted molar refractivity (Wildman–Crippen MR) is 145 cm³/mol. The SMILES string of the molecule is CCc1ccc(OC)c(-c2ccc(O)c3c2CC2CC4C(N(C)C)C(O)=C(C(N)=O)C(=O)C4(O)C(O)=C2C3=O)c1. The second-order valence-electron chi connectivity index (χ2n) is 10.8. The van der Waals surface area contributed by atoms with Gasteiger partial charge in [0.05, 0.1) is 18.7 Å². The van der Waals surface area contributed by atoms with Crippen LogP contribution in [0, 0.1) is 11.8 Å². The molecular weight excluding hydrogens is 516 g/mol. The van der Waals surface area contributed by atoms with E-state index in [1.165, 1.54) is 11.0 Å². The van der Waals surface area contributed by atoms with E-state index < -0.39 is 58.0 Å². The molecule has 10 heteroatoms. The van der Waals surface area contributed by atoms with E-state index in [1.54, 1.807) is 27.3 Å². The Labute approximate surface area is 231 Å². The van der Waals surface area contributed by atoms with Crippen molar-refractivity contribution in [2.75, 3.05) is 21.2 Å². The number of likely N-dealkylation sites (N-methyl/N-ethyl adjacent to an activating group) is 1. The smallest absolute Gasteiger partial charge is 0.255 e. The van der Waals surface area contributed by atoms with Gasteiger partial charge in [-0.25, -0.2) is 0 Å². The Morgan fingerprint density at radius 3 is 2.42 bits per heavy atom. The number of allylic oxidation sites excluding steroid dienone is 1. The molecule has 0 aliphatic heterocycles. The fourth-order valence-corrected chi connectivity index (χ4v) is 6.69. The molecule has 0 saturated heterocycles. The van der Waals surface area contributed by atoms with Gasteiger partial charge in [-0.05, 0) is 74.2 Å². The lowest BCUT2D eigenvalue weighted by Crippen LogP contribution is -2.63. The highest BCUT2D eigenvalue weighted by Gasteiger charge is 2.63. The van der Waals surface area contributed by atoms with E-state index in [2.05, 4.69) is 0 Å². The molecule has 0 heterocycles. The van der Waals surface area contributed by atoms with E-state index in [1.807, 2.05) is 25.1 Å². The number of aliphatic hydroxyl groups is 3. The summed E-state index contributed by atoms with van der Waals surface area (Å²) in [4.78, 5) is 41.0. The number of nitrogens with zero attached hydrogens (tertiary/aromatic N) is 1. The number of ketones is 2. The first-order chi connectivity index (χ1) is 18.9. The van der Waals surface area contributed by atoms with Crippen molar-refractivity contribution >= 4 is 17.5 Å². The van der Waals surface area contributed by atoms with Crippen LogP contribution in [-0.4, -0.2) is 75.6 Å². The lowest BCUT2D eigenvalue weighted by molar-refractivity contribution is -0.148. The number of nitrogens with two attached hydrogens (primary N) is 1. The molecule has 1 amide bonds. The molecular formula is C30H32N2O8. The van der Waals surface area contributed by atoms with Crippen LogP contribution >= 0.6 is 0 Å². The highest BCUT2D eigenvalue weighted by molar-refractivity contribution is 6.25. The summed E-state index contributed by atoms with van der Waals surface area (Å²) in [7, 11) is 4.73. The lowest BCUT2D eigenvalue weighted by atomic mass is 9.58. The first-order valence-electron chi connectivity index (χ1n) is 13.0. The number of aryl methyl sites for hydroxylation is 1. The zero-order chi connectivity index (χ0) is 29.3. The number of phenolic OH excluding ortho intramolecular Hbond substituents is 1. The number of phenols is 1. The molecule has 0 saturated carbocycles. The topological polar surface area (TPSA) is 171 Å². The fourth-order valence-electron chi connectivity index (χ4n) is 6.69. The first-order valence-corrected chi connectivity index (χ1v) is 13.0. The normalized spacial score (nSPS) is 26.0. The van der Waals surface area contributed by atoms with Crippen LogP contribution in [0.15, 0.2) is 53.0 Å². The maximum Gasteiger partial charge on any atom is 0.255 e. The van der Waals surface area contributed by atoms with Crippen molar-refractivity contribution in [2.45, 2.75) is 37.8 Å². The molecule has 0 aromatic heterocycles. The molecule has 5 rings (SSSR count). The second-order valence-corrected chi connectivity index (χ2v) is 10.8. The molecule has 6 N–H and O–H groups in total. The minimum Gasteiger partial charge on any atom is -0.510 e. The van der Waals surface area contributed by atoms with Crippen molar-refractivity contribution in [2.24, 2.45) is 17.6 Å². The maximum absolute atomic E-state index is 14.0. The number of aliphatic hydroxyl groups excluding tert-OH is 2. The van der Waals surface area contributed by atoms with E-state index >= 15 is 0 Å². The average Bonchev–Trinajstić information content (AvgIpc) is 2.90. The summed E-state index contributed by atoms with van der Waals surface area (Å²) in [5.74, 6) is -6.21. The number of rotatable bonds is 5. The molecule has 4 unspecified atom stereocenters. The Hall–Kier alpha value is -4.15. The summed E-state index contributed by atoms with van der Waals surface area (Å²) in [6.45, 7) is 2.02. The number of methoxy groups -OCH3 is 1. The number of Topliss-reactive ketones (excluding diaryl/α,β-unsaturated/α-hetero) is 2. The summed E-state index contributed by atoms with van der Waals surface area (Å²) in [6.07, 6.45) is 0.981. The van der Waals surface area contributed by atoms with E-state index in [-0.39, 0.29) is 29.7 Å². The van der Waals surface area contributed by atoms with Crippen molar-refractivity contribution in [1.82, 2.24) is 4.90 Å². The van der Waals surface area contributed by atoms with Gasteiger partial charge in [0, 0.05) is 17.1 Å². The van der Waals surface area contributed by atoms with Gasteiger partial charge in [-0.1, -0.05) is 19.1 Å². The number of aromatic hydroxyl groups is 1. The van der Waals surface area contributed by atoms with Gasteiger partial charge in [0.2, 0.25) is 5.78 Å². The van der Waals surface area contributed by atoms with Gasteiger partial charge >= 0.3 is 0 Å². The van der Waals surface area contributed by atoms with Gasteiger partial charge in [0.15, 0.2) is 11.4 Å². The Morgan fingerprint density at radius 2 is 1.82 bits per heavy atom. The fraction of sp³-hybridized carbons (Fsp3) is 0.367. The van der Waals surface area contributed by atoms with Crippen LogP contribution < -0.4 is 10.5 Å². The zero-order valence-electron chi connectivity index (χ0n) is 22.7. The molecule has 0 radical (unpaired) electrons. The van der Waals surface area contributed by atoms with Crippen molar-refractivity contribution in [3.8, 4) is 22.6 Å². The molecule has 4 atom stereocenters. The maximum atomic E-state index is 14.0. The summed E-state index contributed by atoms with van der Waals surface area (Å²) in [5, 5.41) is 44.9. The number of ether oxygens (including phenoxy) is 1. The predicted octanol–water partition coefficient (Wildman–Crippen LogP) is 2.36. The highest BCUT2D eigenvalue weighted by atomic mass is 16.5. The van der Waals surface area contributed by atoms with Crippen LogP contribution in [0.1, 0.15) is 34.8 Å². The number of carbonyl (C=O) groups excluding carboxylic acids is 3. The van der Waals surface area contributed by atoms with Crippen LogP contribution in [0.5, 0.6) is 11.5 Å². The average molecular weight is 549 g/mol. The molecule has 2 aromatic rings. The third-order valence-corrected chi connectivity index (χ3v) is 8.57. The quantitative estimate of drug-likeness (QED) is 0.352. The highest BCUT2D eigenvalue weighted by Crippen LogP contribution is 2.53. The minimum absolute atomic E-state index is 0.0208. The monoisotopic (exact) mass is 548 g/mol. The molecule has 3 aliphatic carbocycles.